The van der Waals surface area contributed by atoms with Crippen molar-refractivity contribution in [2.24, 2.45) is 23.5 Å². The van der Waals surface area contributed by atoms with Crippen LogP contribution in [0.25, 0.3) is 12.2 Å². The van der Waals surface area contributed by atoms with Gasteiger partial charge in [-0.1, -0.05) is 84.7 Å². The maximum absolute atomic E-state index is 14.1. The fourth-order valence-electron chi connectivity index (χ4n) is 9.35. The van der Waals surface area contributed by atoms with Gasteiger partial charge in [-0.3, -0.25) is 4.79 Å². The number of piperidine rings is 1. The lowest BCUT2D eigenvalue weighted by atomic mass is 9.90. The molecule has 52 heavy (non-hydrogen) atoms. The van der Waals surface area contributed by atoms with Gasteiger partial charge in [-0.05, 0) is 113 Å². The lowest BCUT2D eigenvalue weighted by Gasteiger charge is -2.37. The van der Waals surface area contributed by atoms with Gasteiger partial charge >= 0.3 is 12.1 Å². The minimum Gasteiger partial charge on any atom is -0.457 e. The van der Waals surface area contributed by atoms with Crippen molar-refractivity contribution >= 4 is 24.2 Å². The molecule has 7 nitrogen and oxygen atoms in total. The van der Waals surface area contributed by atoms with Crippen LogP contribution < -0.4 is 11.1 Å². The highest BCUT2D eigenvalue weighted by Crippen LogP contribution is 2.41. The van der Waals surface area contributed by atoms with Gasteiger partial charge in [0, 0.05) is 37.6 Å². The Balaban J connectivity index is 1.11. The average molecular weight is 711 g/mol. The Morgan fingerprint density at radius 1 is 0.808 bits per heavy atom. The zero-order valence-electron chi connectivity index (χ0n) is 32.3. The summed E-state index contributed by atoms with van der Waals surface area (Å²) in [5, 5.41) is 3.43. The maximum Gasteiger partial charge on any atom is 0.516 e. The van der Waals surface area contributed by atoms with Crippen LogP contribution in [0.5, 0.6) is 0 Å². The van der Waals surface area contributed by atoms with E-state index in [0.717, 1.165) is 108 Å². The highest BCUT2D eigenvalue weighted by Gasteiger charge is 2.45. The van der Waals surface area contributed by atoms with Gasteiger partial charge in [0.15, 0.2) is 0 Å². The monoisotopic (exact) mass is 710 g/mol. The molecule has 4 aliphatic rings. The van der Waals surface area contributed by atoms with Crippen molar-refractivity contribution in [3.8, 4) is 0 Å². The Morgan fingerprint density at radius 3 is 2.04 bits per heavy atom. The minimum absolute atomic E-state index is 0.00749. The Bertz CT molecular complexity index is 1560. The number of quaternary nitrogens is 1. The fraction of sp³-hybridized carbons (Fsp3) is 0.600. The van der Waals surface area contributed by atoms with Gasteiger partial charge in [0.2, 0.25) is 0 Å². The Labute approximate surface area is 313 Å². The van der Waals surface area contributed by atoms with E-state index in [1.165, 1.54) is 42.0 Å². The molecular formula is C45H64N3O4+. The van der Waals surface area contributed by atoms with E-state index >= 15 is 0 Å². The SMILES string of the molecule is CC(=O)OC(c1ccc(C=C2CCC[N+](CC3CCC(C(N)c4ccc(C=C5CCNCC5)cc4)C3)(C(=O)OC(C)(C)C)CC2)cc1)C1CCCC1. The average Bonchev–Trinajstić information content (AvgIpc) is 3.78. The van der Waals surface area contributed by atoms with E-state index in [9.17, 15) is 9.59 Å². The number of esters is 1. The molecule has 2 saturated heterocycles. The van der Waals surface area contributed by atoms with Crippen LogP contribution in [0, 0.1) is 17.8 Å². The Morgan fingerprint density at radius 2 is 1.42 bits per heavy atom. The van der Waals surface area contributed by atoms with Gasteiger partial charge < -0.3 is 20.5 Å². The van der Waals surface area contributed by atoms with Crippen LogP contribution in [0.4, 0.5) is 4.79 Å². The first-order valence-electron chi connectivity index (χ1n) is 20.3. The predicted octanol–water partition coefficient (Wildman–Crippen LogP) is 9.68. The number of carbonyl (C=O) groups is 2. The van der Waals surface area contributed by atoms with Crippen molar-refractivity contribution in [3.05, 3.63) is 81.9 Å². The summed E-state index contributed by atoms with van der Waals surface area (Å²) >= 11 is 0. The summed E-state index contributed by atoms with van der Waals surface area (Å²) in [6, 6.07) is 17.5. The topological polar surface area (TPSA) is 90.6 Å². The molecule has 4 fully saturated rings. The molecule has 282 valence electrons. The van der Waals surface area contributed by atoms with Gasteiger partial charge in [0.1, 0.15) is 11.7 Å². The lowest BCUT2D eigenvalue weighted by Crippen LogP contribution is -2.57. The number of carbonyl (C=O) groups excluding carboxylic acids is 2. The quantitative estimate of drug-likeness (QED) is 0.199. The number of ether oxygens (including phenoxy) is 2. The molecule has 5 unspecified atom stereocenters. The second-order valence-electron chi connectivity index (χ2n) is 17.3. The van der Waals surface area contributed by atoms with E-state index in [1.807, 2.05) is 20.8 Å². The molecule has 2 aromatic rings. The molecule has 0 aromatic heterocycles. The number of benzene rings is 2. The van der Waals surface area contributed by atoms with Crippen LogP contribution in [0.3, 0.4) is 0 Å². The number of nitrogens with two attached hydrogens (primary N) is 1. The number of nitrogens with zero attached hydrogens (tertiary/aromatic N) is 1. The summed E-state index contributed by atoms with van der Waals surface area (Å²) < 4.78 is 12.4. The standard InChI is InChI=1S/C45H64N3O4/c1-32(49)51-43(39-9-5-6-10-39)40-18-13-35(14-19-40)28-33-8-7-26-48(27-23-33,44(50)52-45(2,3)4)31-37-15-20-41(30-37)42(46)38-16-11-34(12-17-38)29-36-21-24-47-25-22-36/h11-14,16-19,28-29,37,39,41-43,47H,5-10,15,20-27,30-31,46H2,1-4H3/q+1. The van der Waals surface area contributed by atoms with Gasteiger partial charge in [0.05, 0.1) is 19.6 Å². The van der Waals surface area contributed by atoms with Gasteiger partial charge in [-0.15, -0.1) is 0 Å². The summed E-state index contributed by atoms with van der Waals surface area (Å²) in [6.07, 6.45) is 17.3. The third-order valence-electron chi connectivity index (χ3n) is 12.1. The highest BCUT2D eigenvalue weighted by molar-refractivity contribution is 5.66. The first-order chi connectivity index (χ1) is 25.0. The van der Waals surface area contributed by atoms with Crippen LogP contribution >= 0.6 is 0 Å². The third-order valence-corrected chi connectivity index (χ3v) is 12.1. The molecule has 5 atom stereocenters. The van der Waals surface area contributed by atoms with Crippen molar-refractivity contribution in [1.29, 1.82) is 0 Å². The number of nitrogens with one attached hydrogen (secondary N) is 1. The highest BCUT2D eigenvalue weighted by atomic mass is 16.6. The van der Waals surface area contributed by atoms with E-state index in [-0.39, 0.29) is 24.2 Å². The number of hydrogen-bond acceptors (Lipinski definition) is 6. The van der Waals surface area contributed by atoms with Crippen LogP contribution in [0.15, 0.2) is 59.7 Å². The van der Waals surface area contributed by atoms with Crippen LogP contribution in [0.1, 0.15) is 139 Å². The molecule has 1 amide bonds. The van der Waals surface area contributed by atoms with E-state index < -0.39 is 5.60 Å². The second-order valence-corrected chi connectivity index (χ2v) is 17.3. The lowest BCUT2D eigenvalue weighted by molar-refractivity contribution is -0.861. The zero-order valence-corrected chi connectivity index (χ0v) is 32.3. The Kier molecular flexibility index (Phi) is 12.8. The van der Waals surface area contributed by atoms with Crippen molar-refractivity contribution < 1.29 is 23.5 Å². The molecule has 7 heteroatoms. The van der Waals surface area contributed by atoms with Crippen LogP contribution in [-0.4, -0.2) is 54.9 Å². The van der Waals surface area contributed by atoms with Crippen molar-refractivity contribution in [2.75, 3.05) is 32.7 Å². The van der Waals surface area contributed by atoms with Gasteiger partial charge in [-0.2, -0.15) is 4.79 Å². The molecule has 2 heterocycles. The molecule has 2 saturated carbocycles. The molecular weight excluding hydrogens is 647 g/mol. The zero-order chi connectivity index (χ0) is 36.7. The maximum atomic E-state index is 14.1. The second kappa shape index (κ2) is 17.3. The number of rotatable bonds is 9. The summed E-state index contributed by atoms with van der Waals surface area (Å²) in [6.45, 7) is 12.0. The summed E-state index contributed by atoms with van der Waals surface area (Å²) in [5.74, 6) is 1.04. The molecule has 6 rings (SSSR count). The molecule has 0 radical (unpaired) electrons. The van der Waals surface area contributed by atoms with Crippen LogP contribution in [-0.2, 0) is 14.3 Å². The predicted molar refractivity (Wildman–Crippen MR) is 210 cm³/mol. The summed E-state index contributed by atoms with van der Waals surface area (Å²) in [5.41, 5.74) is 14.0. The first-order valence-corrected chi connectivity index (χ1v) is 20.3. The van der Waals surface area contributed by atoms with E-state index in [0.29, 0.717) is 22.2 Å². The number of amides is 1. The van der Waals surface area contributed by atoms with Crippen molar-refractivity contribution in [1.82, 2.24) is 5.32 Å². The largest absolute Gasteiger partial charge is 0.516 e. The summed E-state index contributed by atoms with van der Waals surface area (Å²) in [7, 11) is 0. The molecule has 2 aliphatic carbocycles. The smallest absolute Gasteiger partial charge is 0.457 e. The van der Waals surface area contributed by atoms with E-state index in [4.69, 9.17) is 15.2 Å². The molecule has 0 spiro atoms. The fourth-order valence-corrected chi connectivity index (χ4v) is 9.35. The summed E-state index contributed by atoms with van der Waals surface area (Å²) in [4.78, 5) is 26.0. The van der Waals surface area contributed by atoms with Gasteiger partial charge in [-0.25, -0.2) is 4.48 Å². The number of hydrogen-bond donors (Lipinski definition) is 2. The van der Waals surface area contributed by atoms with Gasteiger partial charge in [0.25, 0.3) is 0 Å². The van der Waals surface area contributed by atoms with E-state index in [1.54, 1.807) is 0 Å². The normalized spacial score (nSPS) is 26.5. The van der Waals surface area contributed by atoms with Crippen LogP contribution in [0.2, 0.25) is 0 Å². The third kappa shape index (κ3) is 10.2. The molecule has 2 aliphatic heterocycles. The molecule has 2 aromatic carbocycles. The molecule has 3 N–H and O–H groups in total. The minimum atomic E-state index is -0.534. The molecule has 0 bridgehead atoms. The van der Waals surface area contributed by atoms with Crippen molar-refractivity contribution in [3.63, 3.8) is 0 Å². The number of likely N-dealkylation sites (tertiary alicyclic amines) is 1. The van der Waals surface area contributed by atoms with Crippen molar-refractivity contribution in [2.45, 2.75) is 122 Å². The first kappa shape index (κ1) is 38.5. The Hall–Kier alpha value is -3.26. The van der Waals surface area contributed by atoms with E-state index in [2.05, 4.69) is 66.0 Å².